The molecule has 0 spiro atoms. The minimum absolute atomic E-state index is 0.161. The zero-order valence-electron chi connectivity index (χ0n) is 22.4. The topological polar surface area (TPSA) is 94.0 Å². The van der Waals surface area contributed by atoms with Gasteiger partial charge < -0.3 is 15.1 Å². The average Bonchev–Trinajstić information content (AvgIpc) is 2.96. The van der Waals surface area contributed by atoms with Gasteiger partial charge in [-0.2, -0.15) is 39.5 Å². The second kappa shape index (κ2) is 13.2. The van der Waals surface area contributed by atoms with E-state index in [-0.39, 0.29) is 5.91 Å². The van der Waals surface area contributed by atoms with Gasteiger partial charge in [0.1, 0.15) is 0 Å². The molecule has 1 aliphatic heterocycles. The van der Waals surface area contributed by atoms with E-state index in [4.69, 9.17) is 9.90 Å². The molecule has 0 unspecified atom stereocenters. The van der Waals surface area contributed by atoms with Crippen LogP contribution in [0.3, 0.4) is 0 Å². The molecule has 1 saturated heterocycles. The molecule has 1 aromatic heterocycles. The molecule has 7 nitrogen and oxygen atoms in total. The molecular weight excluding hydrogens is 613 g/mol. The van der Waals surface area contributed by atoms with Crippen molar-refractivity contribution in [1.82, 2.24) is 14.8 Å². The minimum atomic E-state index is -5.95. The van der Waals surface area contributed by atoms with Crippen LogP contribution in [-0.4, -0.2) is 81.6 Å². The van der Waals surface area contributed by atoms with Crippen LogP contribution in [0.2, 0.25) is 0 Å². The highest BCUT2D eigenvalue weighted by Gasteiger charge is 2.71. The van der Waals surface area contributed by atoms with E-state index in [0.717, 1.165) is 24.2 Å². The molecule has 2 aromatic carbocycles. The lowest BCUT2D eigenvalue weighted by molar-refractivity contribution is -0.376. The Bertz CT molecular complexity index is 1390. The van der Waals surface area contributed by atoms with Crippen LogP contribution in [0.15, 0.2) is 73.1 Å². The molecule has 0 atom stereocenters. The summed E-state index contributed by atoms with van der Waals surface area (Å²) in [5.41, 5.74) is -3.92. The van der Waals surface area contributed by atoms with Crippen molar-refractivity contribution >= 4 is 11.9 Å². The fourth-order valence-corrected chi connectivity index (χ4v) is 4.24. The van der Waals surface area contributed by atoms with Crippen molar-refractivity contribution in [2.45, 2.75) is 30.7 Å². The number of carbonyl (C=O) groups is 2. The van der Waals surface area contributed by atoms with Crippen LogP contribution in [0, 0.1) is 0 Å². The standard InChI is InChI=1S/C26H23F6N3O2.C2HF3O2/c27-25(28,29)24(37,26(30,31)32)22-7-5-20(6-8-22)19-1-3-21(4-2-19)23(36)35-15-13-34(14-16-35)17-18-9-11-33-12-10-18;3-2(4,5)1(6)7/h1-12,37H,13-17H2;(H,6,7). The third-order valence-electron chi connectivity index (χ3n) is 6.65. The number of carboxylic acids is 1. The Morgan fingerprint density at radius 3 is 1.55 bits per heavy atom. The second-order valence-electron chi connectivity index (χ2n) is 9.59. The van der Waals surface area contributed by atoms with Crippen LogP contribution >= 0.6 is 0 Å². The lowest BCUT2D eigenvalue weighted by atomic mass is 9.90. The minimum Gasteiger partial charge on any atom is -0.475 e. The highest BCUT2D eigenvalue weighted by Crippen LogP contribution is 2.50. The number of aliphatic hydroxyl groups is 1. The average molecular weight is 637 g/mol. The number of amides is 1. The summed E-state index contributed by atoms with van der Waals surface area (Å²) >= 11 is 0. The zero-order chi connectivity index (χ0) is 32.9. The summed E-state index contributed by atoms with van der Waals surface area (Å²) < 4.78 is 110. The van der Waals surface area contributed by atoms with Crippen molar-refractivity contribution in [2.24, 2.45) is 0 Å². The fraction of sp³-hybridized carbons (Fsp3) is 0.321. The number of aliphatic carboxylic acids is 1. The highest BCUT2D eigenvalue weighted by molar-refractivity contribution is 5.94. The largest absolute Gasteiger partial charge is 0.490 e. The normalized spacial score (nSPS) is 14.9. The zero-order valence-corrected chi connectivity index (χ0v) is 22.4. The van der Waals surface area contributed by atoms with Crippen molar-refractivity contribution < 1.29 is 59.3 Å². The molecule has 2 heterocycles. The maximum Gasteiger partial charge on any atom is 0.490 e. The molecule has 0 bridgehead atoms. The number of pyridine rings is 1. The van der Waals surface area contributed by atoms with Gasteiger partial charge in [0.05, 0.1) is 0 Å². The number of benzene rings is 2. The second-order valence-corrected chi connectivity index (χ2v) is 9.59. The predicted octanol–water partition coefficient (Wildman–Crippen LogP) is 5.65. The number of rotatable bonds is 5. The maximum atomic E-state index is 13.1. The number of halogens is 9. The van der Waals surface area contributed by atoms with Crippen LogP contribution in [0.25, 0.3) is 11.1 Å². The van der Waals surface area contributed by atoms with Crippen LogP contribution in [-0.2, 0) is 16.9 Å². The summed E-state index contributed by atoms with van der Waals surface area (Å²) in [6, 6.07) is 13.5. The summed E-state index contributed by atoms with van der Waals surface area (Å²) in [5, 5.41) is 16.7. The smallest absolute Gasteiger partial charge is 0.475 e. The predicted molar refractivity (Wildman–Crippen MR) is 137 cm³/mol. The summed E-state index contributed by atoms with van der Waals surface area (Å²) in [5.74, 6) is -2.92. The van der Waals surface area contributed by atoms with Gasteiger partial charge in [0.15, 0.2) is 0 Å². The van der Waals surface area contributed by atoms with Crippen molar-refractivity contribution in [3.63, 3.8) is 0 Å². The molecule has 16 heteroatoms. The number of nitrogens with zero attached hydrogens (tertiary/aromatic N) is 3. The molecule has 3 aromatic rings. The monoisotopic (exact) mass is 637 g/mol. The van der Waals surface area contributed by atoms with Crippen LogP contribution < -0.4 is 0 Å². The molecule has 0 saturated carbocycles. The molecular formula is C28H24F9N3O4. The van der Waals surface area contributed by atoms with Gasteiger partial charge in [-0.25, -0.2) is 4.79 Å². The molecule has 44 heavy (non-hydrogen) atoms. The summed E-state index contributed by atoms with van der Waals surface area (Å²) in [7, 11) is 0. The Hall–Kier alpha value is -4.18. The van der Waals surface area contributed by atoms with Gasteiger partial charge >= 0.3 is 24.5 Å². The number of alkyl halides is 9. The van der Waals surface area contributed by atoms with E-state index in [0.29, 0.717) is 55.0 Å². The first-order chi connectivity index (χ1) is 20.3. The van der Waals surface area contributed by atoms with E-state index in [2.05, 4.69) is 9.88 Å². The number of hydrogen-bond acceptors (Lipinski definition) is 5. The maximum absolute atomic E-state index is 13.1. The molecule has 1 fully saturated rings. The third-order valence-corrected chi connectivity index (χ3v) is 6.65. The van der Waals surface area contributed by atoms with Gasteiger partial charge in [-0.15, -0.1) is 0 Å². The molecule has 4 rings (SSSR count). The molecule has 238 valence electrons. The van der Waals surface area contributed by atoms with Gasteiger partial charge in [-0.05, 0) is 41.0 Å². The lowest BCUT2D eigenvalue weighted by Crippen LogP contribution is -2.53. The fourth-order valence-electron chi connectivity index (χ4n) is 4.24. The summed E-state index contributed by atoms with van der Waals surface area (Å²) in [4.78, 5) is 29.8. The van der Waals surface area contributed by atoms with Gasteiger partial charge in [0, 0.05) is 56.2 Å². The van der Waals surface area contributed by atoms with E-state index in [1.165, 1.54) is 0 Å². The quantitative estimate of drug-likeness (QED) is 0.352. The summed E-state index contributed by atoms with van der Waals surface area (Å²) in [6.45, 7) is 3.28. The number of piperazine rings is 1. The van der Waals surface area contributed by atoms with Gasteiger partial charge in [0.2, 0.25) is 0 Å². The van der Waals surface area contributed by atoms with Gasteiger partial charge in [-0.1, -0.05) is 36.4 Å². The molecule has 2 N–H and O–H groups in total. The number of carbonyl (C=O) groups excluding carboxylic acids is 1. The molecule has 0 aliphatic carbocycles. The first kappa shape index (κ1) is 34.3. The summed E-state index contributed by atoms with van der Waals surface area (Å²) in [6.07, 6.45) is -13.5. The Balaban J connectivity index is 0.000000676. The third kappa shape index (κ3) is 8.05. The first-order valence-corrected chi connectivity index (χ1v) is 12.6. The number of hydrogen-bond donors (Lipinski definition) is 2. The number of aromatic nitrogens is 1. The van der Waals surface area contributed by atoms with Crippen molar-refractivity contribution in [3.8, 4) is 11.1 Å². The highest BCUT2D eigenvalue weighted by atomic mass is 19.4. The van der Waals surface area contributed by atoms with E-state index >= 15 is 0 Å². The van der Waals surface area contributed by atoms with E-state index < -0.39 is 35.7 Å². The van der Waals surface area contributed by atoms with Gasteiger partial charge in [0.25, 0.3) is 11.5 Å². The van der Waals surface area contributed by atoms with E-state index in [1.807, 2.05) is 12.1 Å². The van der Waals surface area contributed by atoms with Crippen LogP contribution in [0.1, 0.15) is 21.5 Å². The Morgan fingerprint density at radius 2 is 1.14 bits per heavy atom. The molecule has 1 aliphatic rings. The van der Waals surface area contributed by atoms with Crippen LogP contribution in [0.5, 0.6) is 0 Å². The molecule has 1 amide bonds. The number of carboxylic acid groups (broad SMARTS) is 1. The van der Waals surface area contributed by atoms with E-state index in [9.17, 15) is 49.4 Å². The first-order valence-electron chi connectivity index (χ1n) is 12.6. The van der Waals surface area contributed by atoms with Crippen molar-refractivity contribution in [3.05, 3.63) is 89.7 Å². The molecule has 0 radical (unpaired) electrons. The Labute approximate surface area is 244 Å². The van der Waals surface area contributed by atoms with Gasteiger partial charge in [-0.3, -0.25) is 14.7 Å². The lowest BCUT2D eigenvalue weighted by Gasteiger charge is -2.34. The van der Waals surface area contributed by atoms with E-state index in [1.54, 1.807) is 41.6 Å². The Morgan fingerprint density at radius 1 is 0.705 bits per heavy atom. The van der Waals surface area contributed by atoms with Crippen molar-refractivity contribution in [2.75, 3.05) is 26.2 Å². The SMILES string of the molecule is O=C(O)C(F)(F)F.O=C(c1ccc(-c2ccc(C(O)(C(F)(F)F)C(F)(F)F)cc2)cc1)N1CCN(Cc2ccncc2)CC1. The Kier molecular flexibility index (Phi) is 10.3. The van der Waals surface area contributed by atoms with Crippen LogP contribution in [0.4, 0.5) is 39.5 Å². The van der Waals surface area contributed by atoms with Crippen molar-refractivity contribution in [1.29, 1.82) is 0 Å².